The zero-order chi connectivity index (χ0) is 26.2. The van der Waals surface area contributed by atoms with Gasteiger partial charge in [-0.1, -0.05) is 47.1 Å². The number of nitrogens with one attached hydrogen (secondary N) is 1. The van der Waals surface area contributed by atoms with Gasteiger partial charge in [-0.2, -0.15) is 0 Å². The summed E-state index contributed by atoms with van der Waals surface area (Å²) in [5.41, 5.74) is 6.89. The third-order valence-corrected chi connectivity index (χ3v) is 9.05. The summed E-state index contributed by atoms with van der Waals surface area (Å²) in [5.74, 6) is -0.402. The third kappa shape index (κ3) is 5.28. The van der Waals surface area contributed by atoms with Crippen molar-refractivity contribution in [3.63, 3.8) is 0 Å². The Morgan fingerprint density at radius 1 is 1.16 bits per heavy atom. The lowest BCUT2D eigenvalue weighted by Gasteiger charge is -2.41. The van der Waals surface area contributed by atoms with E-state index in [0.29, 0.717) is 20.6 Å². The van der Waals surface area contributed by atoms with Crippen molar-refractivity contribution in [1.82, 2.24) is 9.97 Å². The monoisotopic (exact) mass is 561 g/mol. The molecule has 0 unspecified atom stereocenters. The Balaban J connectivity index is 1.24. The Kier molecular flexibility index (Phi) is 7.60. The van der Waals surface area contributed by atoms with Gasteiger partial charge in [-0.25, -0.2) is 14.4 Å². The van der Waals surface area contributed by atoms with Crippen LogP contribution in [0.15, 0.2) is 58.7 Å². The summed E-state index contributed by atoms with van der Waals surface area (Å²) in [6, 6.07) is 9.38. The number of ether oxygens (including phenoxy) is 1. The number of halogens is 3. The number of carbonyl (C=O) groups is 1. The van der Waals surface area contributed by atoms with E-state index in [4.69, 9.17) is 33.7 Å². The molecule has 2 fully saturated rings. The standard InChI is InChI=1S/C26H26Cl2FN5O2S/c1-15-24(30)26(14-36-15)8-10-34(11-9-26)20-12-32-21(13-31-20)37-19-7-3-6-18(23(19)28)33-25(35)16-4-2-5-17(29)22(16)27/h2-7,12-13,15,24H,8-11,14,30H2,1H3,(H,33,35)/t15-,24+/m0/s1. The number of carbonyl (C=O) groups excluding carboxylic acids is 1. The molecule has 3 aromatic rings. The average molecular weight is 562 g/mol. The van der Waals surface area contributed by atoms with Gasteiger partial charge in [0.2, 0.25) is 0 Å². The molecule has 1 amide bonds. The van der Waals surface area contributed by atoms with Crippen molar-refractivity contribution in [2.45, 2.75) is 41.8 Å². The van der Waals surface area contributed by atoms with E-state index in [1.807, 2.05) is 13.0 Å². The summed E-state index contributed by atoms with van der Waals surface area (Å²) >= 11 is 13.9. The van der Waals surface area contributed by atoms with Gasteiger partial charge < -0.3 is 20.7 Å². The number of nitrogens with zero attached hydrogens (tertiary/aromatic N) is 3. The van der Waals surface area contributed by atoms with E-state index in [1.165, 1.54) is 30.0 Å². The molecule has 0 bridgehead atoms. The highest BCUT2D eigenvalue weighted by atomic mass is 35.5. The van der Waals surface area contributed by atoms with Crippen molar-refractivity contribution in [2.75, 3.05) is 29.9 Å². The second kappa shape index (κ2) is 10.7. The van der Waals surface area contributed by atoms with Crippen LogP contribution >= 0.6 is 35.0 Å². The molecule has 2 aliphatic rings. The summed E-state index contributed by atoms with van der Waals surface area (Å²) in [4.78, 5) is 24.8. The number of rotatable bonds is 5. The van der Waals surface area contributed by atoms with E-state index < -0.39 is 11.7 Å². The molecule has 2 aromatic carbocycles. The van der Waals surface area contributed by atoms with E-state index in [1.54, 1.807) is 24.5 Å². The van der Waals surface area contributed by atoms with Gasteiger partial charge in [-0.05, 0) is 44.0 Å². The van der Waals surface area contributed by atoms with Crippen molar-refractivity contribution in [3.05, 3.63) is 70.2 Å². The lowest BCUT2D eigenvalue weighted by Crippen LogP contribution is -2.50. The first-order chi connectivity index (χ1) is 17.8. The number of anilines is 2. The van der Waals surface area contributed by atoms with Crippen LogP contribution in [-0.4, -0.2) is 47.7 Å². The minimum Gasteiger partial charge on any atom is -0.376 e. The fraction of sp³-hybridized carbons (Fsp3) is 0.346. The largest absolute Gasteiger partial charge is 0.376 e. The zero-order valence-electron chi connectivity index (χ0n) is 20.1. The van der Waals surface area contributed by atoms with Crippen molar-refractivity contribution in [3.8, 4) is 0 Å². The molecular weight excluding hydrogens is 536 g/mol. The minimum atomic E-state index is -0.665. The highest BCUT2D eigenvalue weighted by Crippen LogP contribution is 2.42. The molecule has 0 aliphatic carbocycles. The Morgan fingerprint density at radius 2 is 1.92 bits per heavy atom. The Morgan fingerprint density at radius 3 is 2.59 bits per heavy atom. The Bertz CT molecular complexity index is 1300. The molecule has 2 atom stereocenters. The molecule has 194 valence electrons. The van der Waals surface area contributed by atoms with Gasteiger partial charge in [0.05, 0.1) is 46.4 Å². The van der Waals surface area contributed by atoms with E-state index in [2.05, 4.69) is 20.2 Å². The molecule has 3 heterocycles. The minimum absolute atomic E-state index is 0.0258. The van der Waals surface area contributed by atoms with Gasteiger partial charge in [-0.3, -0.25) is 4.79 Å². The predicted octanol–water partition coefficient (Wildman–Crippen LogP) is 5.66. The van der Waals surface area contributed by atoms with Crippen LogP contribution in [0.5, 0.6) is 0 Å². The number of hydrogen-bond donors (Lipinski definition) is 2. The molecular formula is C26H26Cl2FN5O2S. The number of piperidine rings is 1. The number of hydrogen-bond acceptors (Lipinski definition) is 7. The van der Waals surface area contributed by atoms with Crippen LogP contribution in [0.4, 0.5) is 15.9 Å². The normalized spacial score (nSPS) is 20.8. The maximum atomic E-state index is 13.7. The summed E-state index contributed by atoms with van der Waals surface area (Å²) in [6.07, 6.45) is 5.50. The SMILES string of the molecule is C[C@@H]1OCC2(CCN(c3cnc(Sc4cccc(NC(=O)c5cccc(F)c5Cl)c4Cl)cn3)CC2)[C@@H]1N. The van der Waals surface area contributed by atoms with E-state index in [9.17, 15) is 9.18 Å². The van der Waals surface area contributed by atoms with E-state index in [-0.39, 0.29) is 28.1 Å². The van der Waals surface area contributed by atoms with Gasteiger partial charge in [0.15, 0.2) is 0 Å². The van der Waals surface area contributed by atoms with E-state index in [0.717, 1.165) is 38.4 Å². The fourth-order valence-corrected chi connectivity index (χ4v) is 6.13. The molecule has 0 radical (unpaired) electrons. The molecule has 2 aliphatic heterocycles. The second-order valence-electron chi connectivity index (χ2n) is 9.38. The predicted molar refractivity (Wildman–Crippen MR) is 144 cm³/mol. The molecule has 5 rings (SSSR count). The lowest BCUT2D eigenvalue weighted by atomic mass is 9.73. The zero-order valence-corrected chi connectivity index (χ0v) is 22.4. The maximum absolute atomic E-state index is 13.7. The smallest absolute Gasteiger partial charge is 0.257 e. The highest BCUT2D eigenvalue weighted by Gasteiger charge is 2.47. The quantitative estimate of drug-likeness (QED) is 0.415. The lowest BCUT2D eigenvalue weighted by molar-refractivity contribution is 0.0974. The first-order valence-corrected chi connectivity index (χ1v) is 13.5. The molecule has 11 heteroatoms. The van der Waals surface area contributed by atoms with Crippen molar-refractivity contribution >= 4 is 52.4 Å². The van der Waals surface area contributed by atoms with Crippen LogP contribution in [0.1, 0.15) is 30.1 Å². The third-order valence-electron chi connectivity index (χ3n) is 7.17. The van der Waals surface area contributed by atoms with Crippen molar-refractivity contribution < 1.29 is 13.9 Å². The van der Waals surface area contributed by atoms with Crippen LogP contribution in [0.2, 0.25) is 10.0 Å². The topological polar surface area (TPSA) is 93.4 Å². The average Bonchev–Trinajstić information content (AvgIpc) is 3.17. The van der Waals surface area contributed by atoms with E-state index >= 15 is 0 Å². The molecule has 1 spiro atoms. The van der Waals surface area contributed by atoms with Crippen molar-refractivity contribution in [2.24, 2.45) is 11.1 Å². The molecule has 2 saturated heterocycles. The molecule has 7 nitrogen and oxygen atoms in total. The number of benzene rings is 2. The molecule has 37 heavy (non-hydrogen) atoms. The molecule has 3 N–H and O–H groups in total. The number of aromatic nitrogens is 2. The maximum Gasteiger partial charge on any atom is 0.257 e. The van der Waals surface area contributed by atoms with Gasteiger partial charge in [0, 0.05) is 29.4 Å². The summed E-state index contributed by atoms with van der Waals surface area (Å²) in [7, 11) is 0. The molecule has 0 saturated carbocycles. The Labute approximate surface area is 228 Å². The van der Waals surface area contributed by atoms with Crippen molar-refractivity contribution in [1.29, 1.82) is 0 Å². The summed E-state index contributed by atoms with van der Waals surface area (Å²) in [5, 5.41) is 3.46. The van der Waals surface area contributed by atoms with Gasteiger partial charge in [0.25, 0.3) is 5.91 Å². The Hall–Kier alpha value is -2.43. The second-order valence-corrected chi connectivity index (χ2v) is 11.2. The first-order valence-electron chi connectivity index (χ1n) is 11.9. The van der Waals surface area contributed by atoms with Crippen LogP contribution in [0.3, 0.4) is 0 Å². The van der Waals surface area contributed by atoms with Crippen LogP contribution in [-0.2, 0) is 4.74 Å². The van der Waals surface area contributed by atoms with Crippen LogP contribution < -0.4 is 16.0 Å². The number of nitrogens with two attached hydrogens (primary N) is 1. The van der Waals surface area contributed by atoms with Gasteiger partial charge in [0.1, 0.15) is 16.7 Å². The highest BCUT2D eigenvalue weighted by molar-refractivity contribution is 7.99. The molecule has 1 aromatic heterocycles. The van der Waals surface area contributed by atoms with Gasteiger partial charge >= 0.3 is 0 Å². The van der Waals surface area contributed by atoms with Gasteiger partial charge in [-0.15, -0.1) is 0 Å². The first kappa shape index (κ1) is 26.2. The fourth-order valence-electron chi connectivity index (χ4n) is 4.85. The summed E-state index contributed by atoms with van der Waals surface area (Å²) < 4.78 is 19.6. The number of amides is 1. The van der Waals surface area contributed by atoms with Crippen LogP contribution in [0, 0.1) is 11.2 Å². The summed E-state index contributed by atoms with van der Waals surface area (Å²) in [6.45, 7) is 4.48. The van der Waals surface area contributed by atoms with Crippen LogP contribution in [0.25, 0.3) is 0 Å².